The van der Waals surface area contributed by atoms with E-state index in [0.717, 1.165) is 96.8 Å². The lowest BCUT2D eigenvalue weighted by Crippen LogP contribution is -2.46. The minimum absolute atomic E-state index is 0.0130. The molecule has 0 aromatic heterocycles. The van der Waals surface area contributed by atoms with Crippen molar-refractivity contribution in [2.24, 2.45) is 0 Å². The lowest BCUT2D eigenvalue weighted by molar-refractivity contribution is -0.129. The highest BCUT2D eigenvalue weighted by atomic mass is 35.5. The van der Waals surface area contributed by atoms with Crippen molar-refractivity contribution in [3.8, 4) is 11.1 Å². The van der Waals surface area contributed by atoms with Gasteiger partial charge in [-0.25, -0.2) is 18.6 Å². The van der Waals surface area contributed by atoms with E-state index in [1.165, 1.54) is 17.2 Å². The van der Waals surface area contributed by atoms with Gasteiger partial charge < -0.3 is 15.1 Å². The molecule has 0 spiro atoms. The van der Waals surface area contributed by atoms with E-state index in [1.807, 2.05) is 49.4 Å². The summed E-state index contributed by atoms with van der Waals surface area (Å²) in [5.41, 5.74) is 8.10. The van der Waals surface area contributed by atoms with Gasteiger partial charge in [-0.2, -0.15) is 0 Å². The lowest BCUT2D eigenvalue weighted by atomic mass is 9.99. The fraction of sp³-hybridized carbons (Fsp3) is 0.319. The normalized spacial score (nSPS) is 13.8. The van der Waals surface area contributed by atoms with E-state index in [2.05, 4.69) is 80.3 Å². The molecule has 1 saturated heterocycles. The number of nitrogens with zero attached hydrogens (tertiary/aromatic N) is 3. The maximum Gasteiger partial charge on any atom is 0.264 e. The number of benzene rings is 5. The zero-order valence-corrected chi connectivity index (χ0v) is 37.1. The molecule has 1 aliphatic heterocycles. The van der Waals surface area contributed by atoms with Gasteiger partial charge in [0.05, 0.1) is 4.90 Å². The maximum absolute atomic E-state index is 13.5. The number of carbonyl (C=O) groups excluding carboxylic acids is 2. The minimum Gasteiger partial charge on any atom is -0.381 e. The average molecular weight is 884 g/mol. The van der Waals surface area contributed by atoms with Gasteiger partial charge >= 0.3 is 0 Å². The van der Waals surface area contributed by atoms with Crippen LogP contribution in [0, 0.1) is 6.92 Å². The van der Waals surface area contributed by atoms with Crippen molar-refractivity contribution in [1.29, 1.82) is 0 Å². The van der Waals surface area contributed by atoms with Crippen molar-refractivity contribution in [2.45, 2.75) is 55.0 Å². The number of unbranched alkanes of at least 4 members (excludes halogenated alkanes) is 1. The zero-order chi connectivity index (χ0) is 43.2. The molecule has 0 bridgehead atoms. The number of nitrogens with one attached hydrogen (secondary N) is 3. The molecular weight excluding hydrogens is 828 g/mol. The van der Waals surface area contributed by atoms with Crippen LogP contribution in [0.2, 0.25) is 5.02 Å². The van der Waals surface area contributed by atoms with Gasteiger partial charge in [0.1, 0.15) is 0 Å². The third kappa shape index (κ3) is 13.5. The van der Waals surface area contributed by atoms with Crippen LogP contribution in [0.5, 0.6) is 0 Å². The molecule has 61 heavy (non-hydrogen) atoms. The SMILES string of the molecule is Cc1cc(S(=O)(=O)NC(=O)c2ccc(N3CCN(Cc4ccccc4-c4ccc(Cl)cc4)CC3)cc2)ccc1N[C@H](CCN(C)CCCCC(=O)NO)CSc1ccccc1. The highest BCUT2D eigenvalue weighted by molar-refractivity contribution is 7.99. The Morgan fingerprint density at radius 1 is 0.852 bits per heavy atom. The molecule has 0 unspecified atom stereocenters. The number of piperazine rings is 1. The number of halogens is 1. The number of sulfonamides is 1. The summed E-state index contributed by atoms with van der Waals surface area (Å²) < 4.78 is 29.2. The second-order valence-electron chi connectivity index (χ2n) is 15.4. The van der Waals surface area contributed by atoms with Crippen LogP contribution >= 0.6 is 23.4 Å². The molecule has 2 amide bonds. The fourth-order valence-electron chi connectivity index (χ4n) is 7.34. The van der Waals surface area contributed by atoms with Crippen LogP contribution in [0.4, 0.5) is 11.4 Å². The quantitative estimate of drug-likeness (QED) is 0.0262. The first-order chi connectivity index (χ1) is 29.5. The van der Waals surface area contributed by atoms with Gasteiger partial charge in [-0.15, -0.1) is 11.8 Å². The third-order valence-corrected chi connectivity index (χ3v) is 13.7. The van der Waals surface area contributed by atoms with Gasteiger partial charge in [0.15, 0.2) is 0 Å². The first-order valence-corrected chi connectivity index (χ1v) is 23.5. The molecule has 1 aliphatic rings. The van der Waals surface area contributed by atoms with E-state index in [9.17, 15) is 18.0 Å². The van der Waals surface area contributed by atoms with E-state index in [0.29, 0.717) is 6.42 Å². The molecule has 1 heterocycles. The molecular formula is C47H55ClN6O5S2. The lowest BCUT2D eigenvalue weighted by Gasteiger charge is -2.36. The van der Waals surface area contributed by atoms with Gasteiger partial charge in [0.25, 0.3) is 15.9 Å². The summed E-state index contributed by atoms with van der Waals surface area (Å²) in [5, 5.41) is 13.1. The number of anilines is 2. The Bertz CT molecular complexity index is 2310. The van der Waals surface area contributed by atoms with Crippen molar-refractivity contribution in [3.05, 3.63) is 143 Å². The summed E-state index contributed by atoms with van der Waals surface area (Å²) in [5.74, 6) is -0.271. The van der Waals surface area contributed by atoms with E-state index in [1.54, 1.807) is 41.5 Å². The summed E-state index contributed by atoms with van der Waals surface area (Å²) in [7, 11) is -2.09. The molecule has 0 saturated carbocycles. The fourth-order valence-corrected chi connectivity index (χ4v) is 9.52. The Morgan fingerprint density at radius 2 is 1.56 bits per heavy atom. The molecule has 322 valence electrons. The molecule has 0 aliphatic carbocycles. The molecule has 1 atom stereocenters. The maximum atomic E-state index is 13.5. The van der Waals surface area contributed by atoms with E-state index in [4.69, 9.17) is 16.8 Å². The van der Waals surface area contributed by atoms with Crippen molar-refractivity contribution >= 4 is 56.6 Å². The highest BCUT2D eigenvalue weighted by Gasteiger charge is 2.22. The van der Waals surface area contributed by atoms with Gasteiger partial charge in [-0.3, -0.25) is 19.7 Å². The molecule has 14 heteroatoms. The highest BCUT2D eigenvalue weighted by Crippen LogP contribution is 2.28. The zero-order valence-electron chi connectivity index (χ0n) is 34.7. The summed E-state index contributed by atoms with van der Waals surface area (Å²) in [6.45, 7) is 7.74. The molecule has 1 fully saturated rings. The predicted octanol–water partition coefficient (Wildman–Crippen LogP) is 8.33. The number of aryl methyl sites for hydroxylation is 1. The molecule has 5 aromatic rings. The number of amides is 2. The monoisotopic (exact) mass is 882 g/mol. The number of hydrogen-bond acceptors (Lipinski definition) is 10. The van der Waals surface area contributed by atoms with Gasteiger partial charge in [0.2, 0.25) is 5.91 Å². The van der Waals surface area contributed by atoms with E-state index in [-0.39, 0.29) is 28.8 Å². The summed E-state index contributed by atoms with van der Waals surface area (Å²) in [6.07, 6.45) is 2.64. The Hall–Kier alpha value is -4.89. The van der Waals surface area contributed by atoms with Crippen LogP contribution in [0.15, 0.2) is 131 Å². The third-order valence-electron chi connectivity index (χ3n) is 10.9. The standard InChI is InChI=1S/C47H55ClN6O5S2/c1-35-32-43(23-24-45(35)49-40(34-60-42-11-4-3-5-12-42)25-27-52(2)26-9-8-14-46(55)50-57)61(58,59)51-47(56)37-17-21-41(22-18-37)54-30-28-53(29-31-54)33-38-10-6-7-13-44(38)36-15-19-39(48)20-16-36/h3-7,10-13,15-24,32,40,49,57H,8-9,14,25-31,33-34H2,1-2H3,(H,50,55)(H,51,56)/t40-/m1/s1. The topological polar surface area (TPSA) is 134 Å². The molecule has 0 radical (unpaired) electrons. The number of hydroxylamine groups is 1. The van der Waals surface area contributed by atoms with Crippen LogP contribution in [0.1, 0.15) is 47.2 Å². The van der Waals surface area contributed by atoms with Crippen LogP contribution in [-0.2, 0) is 21.4 Å². The first-order valence-electron chi connectivity index (χ1n) is 20.6. The summed E-state index contributed by atoms with van der Waals surface area (Å²) in [4.78, 5) is 32.7. The second-order valence-corrected chi connectivity index (χ2v) is 18.6. The largest absolute Gasteiger partial charge is 0.381 e. The van der Waals surface area contributed by atoms with Crippen LogP contribution in [0.25, 0.3) is 11.1 Å². The number of thioether (sulfide) groups is 1. The Labute approximate surface area is 369 Å². The Kier molecular flexibility index (Phi) is 16.7. The molecule has 5 aromatic carbocycles. The van der Waals surface area contributed by atoms with E-state index >= 15 is 0 Å². The van der Waals surface area contributed by atoms with Gasteiger partial charge in [0, 0.05) is 77.8 Å². The van der Waals surface area contributed by atoms with Gasteiger partial charge in [-0.05, 0) is 135 Å². The predicted molar refractivity (Wildman–Crippen MR) is 247 cm³/mol. The van der Waals surface area contributed by atoms with Crippen LogP contribution < -0.4 is 20.4 Å². The second kappa shape index (κ2) is 22.3. The number of carbonyl (C=O) groups is 2. The minimum atomic E-state index is -4.15. The average Bonchev–Trinajstić information content (AvgIpc) is 3.27. The number of hydrogen-bond donors (Lipinski definition) is 4. The summed E-state index contributed by atoms with van der Waals surface area (Å²) in [6, 6.07) is 38.7. The first kappa shape index (κ1) is 45.6. The number of rotatable bonds is 20. The molecule has 11 nitrogen and oxygen atoms in total. The van der Waals surface area contributed by atoms with Crippen molar-refractivity contribution in [2.75, 3.05) is 62.3 Å². The Balaban J connectivity index is 1.01. The van der Waals surface area contributed by atoms with Crippen molar-refractivity contribution < 1.29 is 23.2 Å². The van der Waals surface area contributed by atoms with Crippen LogP contribution in [-0.4, -0.2) is 93.4 Å². The van der Waals surface area contributed by atoms with Crippen molar-refractivity contribution in [3.63, 3.8) is 0 Å². The Morgan fingerprint density at radius 3 is 2.26 bits per heavy atom. The smallest absolute Gasteiger partial charge is 0.264 e. The van der Waals surface area contributed by atoms with Gasteiger partial charge in [-0.1, -0.05) is 66.2 Å². The van der Waals surface area contributed by atoms with Crippen molar-refractivity contribution in [1.82, 2.24) is 20.0 Å². The van der Waals surface area contributed by atoms with Crippen LogP contribution in [0.3, 0.4) is 0 Å². The van der Waals surface area contributed by atoms with E-state index < -0.39 is 15.9 Å². The molecule has 6 rings (SSSR count). The molecule has 4 N–H and O–H groups in total. The summed E-state index contributed by atoms with van der Waals surface area (Å²) >= 11 is 7.89.